The zero-order valence-corrected chi connectivity index (χ0v) is 12.8. The molecule has 2 rings (SSSR count). The summed E-state index contributed by atoms with van der Waals surface area (Å²) in [5.41, 5.74) is 5.01. The summed E-state index contributed by atoms with van der Waals surface area (Å²) < 4.78 is 0. The first-order valence-corrected chi connectivity index (χ1v) is 7.27. The van der Waals surface area contributed by atoms with Crippen molar-refractivity contribution in [3.05, 3.63) is 52.7 Å². The molecule has 0 spiro atoms. The second-order valence-corrected chi connectivity index (χ2v) is 5.94. The van der Waals surface area contributed by atoms with Crippen molar-refractivity contribution in [2.45, 2.75) is 37.2 Å². The Balaban J connectivity index is 2.21. The predicted molar refractivity (Wildman–Crippen MR) is 81.8 cm³/mol. The van der Waals surface area contributed by atoms with E-state index in [0.717, 1.165) is 17.3 Å². The number of hydrogen-bond acceptors (Lipinski definition) is 3. The molecular formula is C16H20N2S. The van der Waals surface area contributed by atoms with Gasteiger partial charge in [0.15, 0.2) is 0 Å². The molecular weight excluding hydrogens is 252 g/mol. The molecule has 0 bridgehead atoms. The van der Waals surface area contributed by atoms with Crippen LogP contribution < -0.4 is 5.32 Å². The second kappa shape index (κ2) is 6.22. The smallest absolute Gasteiger partial charge is 0.101 e. The van der Waals surface area contributed by atoms with Gasteiger partial charge in [0.05, 0.1) is 0 Å². The molecule has 0 aliphatic rings. The van der Waals surface area contributed by atoms with Crippen molar-refractivity contribution in [2.75, 3.05) is 7.05 Å². The van der Waals surface area contributed by atoms with Crippen LogP contribution in [0.5, 0.6) is 0 Å². The fraction of sp³-hybridized carbons (Fsp3) is 0.312. The lowest BCUT2D eigenvalue weighted by atomic mass is 10.1. The molecule has 0 amide bonds. The summed E-state index contributed by atoms with van der Waals surface area (Å²) in [7, 11) is 1.97. The quantitative estimate of drug-likeness (QED) is 0.914. The largest absolute Gasteiger partial charge is 0.316 e. The minimum absolute atomic E-state index is 0.915. The second-order valence-electron chi connectivity index (χ2n) is 4.84. The van der Waals surface area contributed by atoms with E-state index in [1.54, 1.807) is 11.8 Å². The van der Waals surface area contributed by atoms with Crippen molar-refractivity contribution in [3.63, 3.8) is 0 Å². The van der Waals surface area contributed by atoms with Gasteiger partial charge in [0.2, 0.25) is 0 Å². The van der Waals surface area contributed by atoms with Crippen LogP contribution in [0.25, 0.3) is 0 Å². The van der Waals surface area contributed by atoms with Crippen molar-refractivity contribution >= 4 is 11.8 Å². The van der Waals surface area contributed by atoms with E-state index in [9.17, 15) is 0 Å². The van der Waals surface area contributed by atoms with E-state index < -0.39 is 0 Å². The standard InChI is InChI=1S/C16H20N2S/c1-11-7-13(3)18-16(8-11)19-15-6-5-14(10-17-4)12(2)9-15/h5-9,17H,10H2,1-4H3. The number of benzene rings is 1. The van der Waals surface area contributed by atoms with E-state index in [2.05, 4.69) is 54.5 Å². The number of nitrogens with one attached hydrogen (secondary N) is 1. The van der Waals surface area contributed by atoms with E-state index in [-0.39, 0.29) is 0 Å². The summed E-state index contributed by atoms with van der Waals surface area (Å²) in [4.78, 5) is 5.81. The zero-order valence-electron chi connectivity index (χ0n) is 11.9. The van der Waals surface area contributed by atoms with Crippen LogP contribution in [0, 0.1) is 20.8 Å². The summed E-state index contributed by atoms with van der Waals surface area (Å²) in [5.74, 6) is 0. The molecule has 0 aliphatic heterocycles. The Kier molecular flexibility index (Phi) is 4.61. The third-order valence-corrected chi connectivity index (χ3v) is 3.89. The van der Waals surface area contributed by atoms with Gasteiger partial charge in [0, 0.05) is 17.1 Å². The maximum absolute atomic E-state index is 4.57. The fourth-order valence-electron chi connectivity index (χ4n) is 2.10. The molecule has 0 atom stereocenters. The van der Waals surface area contributed by atoms with Gasteiger partial charge >= 0.3 is 0 Å². The molecule has 2 nitrogen and oxygen atoms in total. The summed E-state index contributed by atoms with van der Waals surface area (Å²) in [6, 6.07) is 10.8. The van der Waals surface area contributed by atoms with E-state index in [1.807, 2.05) is 14.0 Å². The van der Waals surface area contributed by atoms with Gasteiger partial charge in [-0.2, -0.15) is 0 Å². The van der Waals surface area contributed by atoms with Crippen molar-refractivity contribution in [1.29, 1.82) is 0 Å². The highest BCUT2D eigenvalue weighted by molar-refractivity contribution is 7.99. The molecule has 1 N–H and O–H groups in total. The molecule has 100 valence electrons. The van der Waals surface area contributed by atoms with Gasteiger partial charge in [-0.25, -0.2) is 4.98 Å². The Morgan fingerprint density at radius 2 is 1.89 bits per heavy atom. The monoisotopic (exact) mass is 272 g/mol. The molecule has 0 fully saturated rings. The van der Waals surface area contributed by atoms with Crippen LogP contribution in [-0.2, 0) is 6.54 Å². The van der Waals surface area contributed by atoms with Crippen molar-refractivity contribution < 1.29 is 0 Å². The van der Waals surface area contributed by atoms with Crippen LogP contribution in [-0.4, -0.2) is 12.0 Å². The highest BCUT2D eigenvalue weighted by Crippen LogP contribution is 2.28. The number of nitrogens with zero attached hydrogens (tertiary/aromatic N) is 1. The van der Waals surface area contributed by atoms with Gasteiger partial charge in [0.1, 0.15) is 5.03 Å². The summed E-state index contributed by atoms with van der Waals surface area (Å²) in [6.07, 6.45) is 0. The lowest BCUT2D eigenvalue weighted by molar-refractivity contribution is 0.811. The normalized spacial score (nSPS) is 10.7. The van der Waals surface area contributed by atoms with Crippen molar-refractivity contribution in [2.24, 2.45) is 0 Å². The molecule has 0 saturated carbocycles. The van der Waals surface area contributed by atoms with Gasteiger partial charge in [-0.3, -0.25) is 0 Å². The number of hydrogen-bond donors (Lipinski definition) is 1. The Morgan fingerprint density at radius 1 is 1.11 bits per heavy atom. The number of rotatable bonds is 4. The van der Waals surface area contributed by atoms with Gasteiger partial charge in [-0.1, -0.05) is 17.8 Å². The molecule has 1 aromatic heterocycles. The van der Waals surface area contributed by atoms with E-state index >= 15 is 0 Å². The average Bonchev–Trinajstić information content (AvgIpc) is 2.31. The molecule has 0 radical (unpaired) electrons. The van der Waals surface area contributed by atoms with Gasteiger partial charge in [-0.05, 0) is 68.8 Å². The topological polar surface area (TPSA) is 24.9 Å². The molecule has 0 unspecified atom stereocenters. The maximum Gasteiger partial charge on any atom is 0.101 e. The van der Waals surface area contributed by atoms with E-state index in [4.69, 9.17) is 0 Å². The molecule has 19 heavy (non-hydrogen) atoms. The highest BCUT2D eigenvalue weighted by Gasteiger charge is 2.03. The Hall–Kier alpha value is -1.32. The summed E-state index contributed by atoms with van der Waals surface area (Å²) in [5, 5.41) is 4.26. The summed E-state index contributed by atoms with van der Waals surface area (Å²) in [6.45, 7) is 7.22. The van der Waals surface area contributed by atoms with Crippen LogP contribution >= 0.6 is 11.8 Å². The maximum atomic E-state index is 4.57. The fourth-order valence-corrected chi connectivity index (χ4v) is 3.15. The Morgan fingerprint density at radius 3 is 2.53 bits per heavy atom. The lowest BCUT2D eigenvalue weighted by Gasteiger charge is -2.08. The first kappa shape index (κ1) is 14.1. The first-order chi connectivity index (χ1) is 9.08. The third-order valence-electron chi connectivity index (χ3n) is 2.98. The van der Waals surface area contributed by atoms with Crippen LogP contribution in [0.4, 0.5) is 0 Å². The first-order valence-electron chi connectivity index (χ1n) is 6.46. The molecule has 3 heteroatoms. The number of aromatic nitrogens is 1. The third kappa shape index (κ3) is 3.82. The van der Waals surface area contributed by atoms with Gasteiger partial charge in [0.25, 0.3) is 0 Å². The number of aryl methyl sites for hydroxylation is 3. The minimum atomic E-state index is 0.915. The van der Waals surface area contributed by atoms with Crippen LogP contribution in [0.2, 0.25) is 0 Å². The average molecular weight is 272 g/mol. The van der Waals surface area contributed by atoms with Gasteiger partial charge in [-0.15, -0.1) is 0 Å². The van der Waals surface area contributed by atoms with Gasteiger partial charge < -0.3 is 5.32 Å². The molecule has 1 aromatic carbocycles. The summed E-state index contributed by atoms with van der Waals surface area (Å²) >= 11 is 1.73. The van der Waals surface area contributed by atoms with Crippen molar-refractivity contribution in [1.82, 2.24) is 10.3 Å². The van der Waals surface area contributed by atoms with Crippen LogP contribution in [0.1, 0.15) is 22.4 Å². The molecule has 2 aromatic rings. The van der Waals surface area contributed by atoms with Crippen molar-refractivity contribution in [3.8, 4) is 0 Å². The van der Waals surface area contributed by atoms with Crippen LogP contribution in [0.15, 0.2) is 40.3 Å². The highest BCUT2D eigenvalue weighted by atomic mass is 32.2. The Bertz CT molecular complexity index is 559. The SMILES string of the molecule is CNCc1ccc(Sc2cc(C)cc(C)n2)cc1C. The Labute approximate surface area is 119 Å². The predicted octanol–water partition coefficient (Wildman–Crippen LogP) is 3.88. The van der Waals surface area contributed by atoms with E-state index in [0.29, 0.717) is 0 Å². The zero-order chi connectivity index (χ0) is 13.8. The molecule has 0 saturated heterocycles. The van der Waals surface area contributed by atoms with E-state index in [1.165, 1.54) is 21.6 Å². The number of pyridine rings is 1. The molecule has 0 aliphatic carbocycles. The molecule has 1 heterocycles. The minimum Gasteiger partial charge on any atom is -0.316 e. The lowest BCUT2D eigenvalue weighted by Crippen LogP contribution is -2.06. The van der Waals surface area contributed by atoms with Crippen LogP contribution in [0.3, 0.4) is 0 Å².